The summed E-state index contributed by atoms with van der Waals surface area (Å²) in [7, 11) is 0. The van der Waals surface area contributed by atoms with Crippen LogP contribution in [-0.2, 0) is 35.2 Å². The number of nitrogens with one attached hydrogen (secondary N) is 4. The smallest absolute Gasteiger partial charge is 0.326 e. The fraction of sp³-hybridized carbons (Fsp3) is 0.550. The zero-order valence-corrected chi connectivity index (χ0v) is 19.3. The zero-order valence-electron chi connectivity index (χ0n) is 19.3. The van der Waals surface area contributed by atoms with Gasteiger partial charge in [-0.25, -0.2) is 9.78 Å². The predicted molar refractivity (Wildman–Crippen MR) is 119 cm³/mol. The molecule has 1 rings (SSSR count). The van der Waals surface area contributed by atoms with Crippen molar-refractivity contribution in [1.29, 1.82) is 0 Å². The molecule has 4 unspecified atom stereocenters. The molecule has 0 bridgehead atoms. The van der Waals surface area contributed by atoms with E-state index in [1.807, 2.05) is 0 Å². The second-order valence-corrected chi connectivity index (χ2v) is 8.18. The number of imidazole rings is 1. The summed E-state index contributed by atoms with van der Waals surface area (Å²) in [5.74, 6) is -6.48. The average Bonchev–Trinajstić information content (AvgIpc) is 3.26. The zero-order chi connectivity index (χ0) is 26.7. The Kier molecular flexibility index (Phi) is 11.3. The van der Waals surface area contributed by atoms with Gasteiger partial charge in [0.15, 0.2) is 0 Å². The minimum atomic E-state index is -1.42. The lowest BCUT2D eigenvalue weighted by molar-refractivity contribution is -0.143. The fourth-order valence-electron chi connectivity index (χ4n) is 2.99. The second-order valence-electron chi connectivity index (χ2n) is 8.18. The number of nitrogens with two attached hydrogens (primary N) is 2. The molecule has 1 aromatic heterocycles. The summed E-state index contributed by atoms with van der Waals surface area (Å²) in [5.41, 5.74) is 11.1. The van der Waals surface area contributed by atoms with Crippen LogP contribution in [0.3, 0.4) is 0 Å². The highest BCUT2D eigenvalue weighted by Gasteiger charge is 2.32. The Morgan fingerprint density at radius 1 is 1.00 bits per heavy atom. The van der Waals surface area contributed by atoms with Crippen LogP contribution in [0, 0.1) is 5.92 Å². The monoisotopic (exact) mass is 497 g/mol. The van der Waals surface area contributed by atoms with Crippen molar-refractivity contribution < 1.29 is 39.0 Å². The molecule has 15 heteroatoms. The van der Waals surface area contributed by atoms with Crippen LogP contribution in [0.2, 0.25) is 0 Å². The molecule has 1 heterocycles. The summed E-state index contributed by atoms with van der Waals surface area (Å²) in [6.07, 6.45) is 1.28. The highest BCUT2D eigenvalue weighted by atomic mass is 16.4. The lowest BCUT2D eigenvalue weighted by Gasteiger charge is -2.26. The number of hydrogen-bond donors (Lipinski definition) is 8. The van der Waals surface area contributed by atoms with Crippen LogP contribution in [-0.4, -0.2) is 79.9 Å². The number of carbonyl (C=O) groups is 6. The van der Waals surface area contributed by atoms with Crippen LogP contribution < -0.4 is 27.4 Å². The number of H-pyrrole nitrogens is 1. The number of aliphatic carboxylic acids is 2. The van der Waals surface area contributed by atoms with E-state index >= 15 is 0 Å². The molecular formula is C20H31N7O8. The van der Waals surface area contributed by atoms with Crippen LogP contribution >= 0.6 is 0 Å². The number of nitrogens with zero attached hydrogens (tertiary/aromatic N) is 1. The molecule has 4 amide bonds. The molecule has 0 aliphatic heterocycles. The number of carboxylic acids is 2. The third-order valence-corrected chi connectivity index (χ3v) is 4.88. The van der Waals surface area contributed by atoms with Crippen LogP contribution in [0.15, 0.2) is 12.5 Å². The van der Waals surface area contributed by atoms with Crippen LogP contribution in [0.5, 0.6) is 0 Å². The maximum Gasteiger partial charge on any atom is 0.326 e. The predicted octanol–water partition coefficient (Wildman–Crippen LogP) is -2.79. The van der Waals surface area contributed by atoms with Crippen molar-refractivity contribution in [3.8, 4) is 0 Å². The van der Waals surface area contributed by atoms with E-state index in [1.54, 1.807) is 13.8 Å². The molecule has 0 spiro atoms. The number of carboxylic acid groups (broad SMARTS) is 2. The number of aromatic amines is 1. The summed E-state index contributed by atoms with van der Waals surface area (Å²) >= 11 is 0. The molecular weight excluding hydrogens is 466 g/mol. The van der Waals surface area contributed by atoms with E-state index in [2.05, 4.69) is 25.9 Å². The number of carbonyl (C=O) groups excluding carboxylic acids is 4. The molecule has 1 aromatic rings. The first-order valence-corrected chi connectivity index (χ1v) is 10.7. The number of aromatic nitrogens is 2. The number of amides is 4. The Morgan fingerprint density at radius 3 is 2.11 bits per heavy atom. The fourth-order valence-corrected chi connectivity index (χ4v) is 2.99. The molecule has 10 N–H and O–H groups in total. The quantitative estimate of drug-likeness (QED) is 0.123. The minimum absolute atomic E-state index is 0.136. The molecule has 0 aromatic carbocycles. The Hall–Kier alpha value is -4.01. The van der Waals surface area contributed by atoms with Crippen molar-refractivity contribution in [3.05, 3.63) is 18.2 Å². The van der Waals surface area contributed by atoms with Gasteiger partial charge in [-0.1, -0.05) is 13.8 Å². The molecule has 0 saturated carbocycles. The summed E-state index contributed by atoms with van der Waals surface area (Å²) in [6, 6.07) is -5.30. The molecule has 0 fully saturated rings. The maximum absolute atomic E-state index is 12.9. The van der Waals surface area contributed by atoms with E-state index in [-0.39, 0.29) is 12.8 Å². The topological polar surface area (TPSA) is 260 Å². The van der Waals surface area contributed by atoms with Crippen molar-refractivity contribution in [1.82, 2.24) is 25.9 Å². The average molecular weight is 498 g/mol. The van der Waals surface area contributed by atoms with Gasteiger partial charge in [0.1, 0.15) is 18.1 Å². The number of hydrogen-bond acceptors (Lipinski definition) is 8. The molecule has 0 aliphatic rings. The van der Waals surface area contributed by atoms with Crippen molar-refractivity contribution in [2.24, 2.45) is 17.4 Å². The Labute approximate surface area is 200 Å². The van der Waals surface area contributed by atoms with Crippen molar-refractivity contribution in [3.63, 3.8) is 0 Å². The van der Waals surface area contributed by atoms with Crippen molar-refractivity contribution >= 4 is 35.6 Å². The van der Waals surface area contributed by atoms with Crippen LogP contribution in [0.4, 0.5) is 0 Å². The van der Waals surface area contributed by atoms with E-state index in [1.165, 1.54) is 12.5 Å². The first-order chi connectivity index (χ1) is 16.3. The van der Waals surface area contributed by atoms with Gasteiger partial charge in [-0.05, 0) is 12.3 Å². The summed E-state index contributed by atoms with van der Waals surface area (Å²) in [6.45, 7) is 3.20. The van der Waals surface area contributed by atoms with Gasteiger partial charge in [0, 0.05) is 24.7 Å². The van der Waals surface area contributed by atoms with E-state index in [9.17, 15) is 33.9 Å². The molecule has 4 atom stereocenters. The Morgan fingerprint density at radius 2 is 1.63 bits per heavy atom. The third-order valence-electron chi connectivity index (χ3n) is 4.88. The largest absolute Gasteiger partial charge is 0.481 e. The first kappa shape index (κ1) is 29.0. The van der Waals surface area contributed by atoms with Gasteiger partial charge in [0.2, 0.25) is 23.6 Å². The number of primary amides is 1. The van der Waals surface area contributed by atoms with Gasteiger partial charge in [0.25, 0.3) is 0 Å². The maximum atomic E-state index is 12.9. The Balaban J connectivity index is 2.98. The molecule has 194 valence electrons. The van der Waals surface area contributed by atoms with Crippen LogP contribution in [0.25, 0.3) is 0 Å². The van der Waals surface area contributed by atoms with Crippen molar-refractivity contribution in [2.45, 2.75) is 63.7 Å². The summed E-state index contributed by atoms with van der Waals surface area (Å²) < 4.78 is 0. The lowest BCUT2D eigenvalue weighted by atomic mass is 10.0. The van der Waals surface area contributed by atoms with E-state index in [0.29, 0.717) is 5.69 Å². The molecule has 0 radical (unpaired) electrons. The Bertz CT molecular complexity index is 919. The molecule has 0 aliphatic carbocycles. The van der Waals surface area contributed by atoms with E-state index in [4.69, 9.17) is 16.6 Å². The first-order valence-electron chi connectivity index (χ1n) is 10.7. The molecule has 0 saturated heterocycles. The third kappa shape index (κ3) is 10.2. The number of rotatable bonds is 15. The van der Waals surface area contributed by atoms with E-state index in [0.717, 1.165) is 0 Å². The van der Waals surface area contributed by atoms with E-state index < -0.39 is 78.5 Å². The van der Waals surface area contributed by atoms with Gasteiger partial charge in [-0.2, -0.15) is 0 Å². The standard InChI is InChI=1S/C20H31N7O8/c1-9(2)16(27-17(31)11(21)6-14(22)28)19(33)25-12(3-4-15(29)30)18(32)26-13(20(34)35)5-10-7-23-8-24-10/h7-9,11-13,16H,3-6,21H2,1-2H3,(H2,22,28)(H,23,24)(H,25,33)(H,26,32)(H,27,31)(H,29,30)(H,34,35). The van der Waals surface area contributed by atoms with Gasteiger partial charge in [-0.15, -0.1) is 0 Å². The molecule has 15 nitrogen and oxygen atoms in total. The highest BCUT2D eigenvalue weighted by molar-refractivity contribution is 5.95. The normalized spacial score (nSPS) is 14.3. The van der Waals surface area contributed by atoms with Crippen molar-refractivity contribution in [2.75, 3.05) is 0 Å². The second kappa shape index (κ2) is 13.6. The van der Waals surface area contributed by atoms with Gasteiger partial charge in [0.05, 0.1) is 18.8 Å². The highest BCUT2D eigenvalue weighted by Crippen LogP contribution is 2.07. The molecule has 35 heavy (non-hydrogen) atoms. The summed E-state index contributed by atoms with van der Waals surface area (Å²) in [4.78, 5) is 78.1. The summed E-state index contributed by atoms with van der Waals surface area (Å²) in [5, 5.41) is 25.5. The minimum Gasteiger partial charge on any atom is -0.481 e. The van der Waals surface area contributed by atoms with Gasteiger partial charge < -0.3 is 42.6 Å². The SMILES string of the molecule is CC(C)C(NC(=O)C(N)CC(N)=O)C(=O)NC(CCC(=O)O)C(=O)NC(Cc1cnc[nH]1)C(=O)O. The lowest BCUT2D eigenvalue weighted by Crippen LogP contribution is -2.58. The van der Waals surface area contributed by atoms with Crippen LogP contribution in [0.1, 0.15) is 38.8 Å². The van der Waals surface area contributed by atoms with Gasteiger partial charge >= 0.3 is 11.9 Å². The van der Waals surface area contributed by atoms with Gasteiger partial charge in [-0.3, -0.25) is 24.0 Å².